The van der Waals surface area contributed by atoms with E-state index in [1.165, 1.54) is 24.3 Å². The van der Waals surface area contributed by atoms with Crippen LogP contribution in [0.4, 0.5) is 24.0 Å². The second kappa shape index (κ2) is 9.50. The highest BCUT2D eigenvalue weighted by molar-refractivity contribution is 7.73. The number of aromatic nitrogens is 2. The zero-order valence-electron chi connectivity index (χ0n) is 15.5. The number of benzene rings is 2. The number of para-hydroxylation sites is 1. The summed E-state index contributed by atoms with van der Waals surface area (Å²) < 4.78 is 39.2. The number of carbonyl (C=O) groups is 1. The van der Waals surface area contributed by atoms with Gasteiger partial charge in [0, 0.05) is 12.0 Å². The Morgan fingerprint density at radius 1 is 1.19 bits per heavy atom. The standard InChI is InChI=1S/C19H13ClF3N5OS2/c20-12-3-1-2-4-13(12)25-14(9-15(24)19(21,22)23)10-5-7-11(8-6-10)16(29)26-17-27-28-18(30)31-17/h1-8,24H,9H2,(H,28,30)(H,26,27,29). The summed E-state index contributed by atoms with van der Waals surface area (Å²) in [5, 5.41) is 16.8. The number of nitrogens with zero attached hydrogens (tertiary/aromatic N) is 2. The van der Waals surface area contributed by atoms with E-state index in [4.69, 9.17) is 29.2 Å². The fourth-order valence-corrected chi connectivity index (χ4v) is 3.39. The molecule has 2 aromatic carbocycles. The molecule has 0 aliphatic carbocycles. The number of hydrogen-bond donors (Lipinski definition) is 3. The largest absolute Gasteiger partial charge is 0.429 e. The van der Waals surface area contributed by atoms with Crippen molar-refractivity contribution in [1.82, 2.24) is 10.2 Å². The van der Waals surface area contributed by atoms with Crippen LogP contribution in [0.2, 0.25) is 5.02 Å². The van der Waals surface area contributed by atoms with Crippen LogP contribution >= 0.6 is 35.2 Å². The number of nitrogens with one attached hydrogen (secondary N) is 3. The van der Waals surface area contributed by atoms with Gasteiger partial charge in [0.05, 0.1) is 16.4 Å². The summed E-state index contributed by atoms with van der Waals surface area (Å²) in [4.78, 5) is 16.6. The molecule has 3 N–H and O–H groups in total. The molecule has 0 spiro atoms. The van der Waals surface area contributed by atoms with Gasteiger partial charge in [-0.2, -0.15) is 13.2 Å². The Labute approximate surface area is 188 Å². The number of alkyl halides is 3. The Bertz CT molecular complexity index is 1200. The average molecular weight is 484 g/mol. The predicted octanol–water partition coefficient (Wildman–Crippen LogP) is 6.20. The lowest BCUT2D eigenvalue weighted by Crippen LogP contribution is -2.25. The number of aromatic amines is 1. The first kappa shape index (κ1) is 22.8. The third-order valence-electron chi connectivity index (χ3n) is 3.93. The maximum Gasteiger partial charge on any atom is 0.429 e. The molecule has 1 aromatic heterocycles. The van der Waals surface area contributed by atoms with Crippen LogP contribution in [0.5, 0.6) is 0 Å². The van der Waals surface area contributed by atoms with Gasteiger partial charge in [0.2, 0.25) is 5.13 Å². The Morgan fingerprint density at radius 2 is 1.84 bits per heavy atom. The van der Waals surface area contributed by atoms with Crippen LogP contribution in [-0.4, -0.2) is 33.7 Å². The summed E-state index contributed by atoms with van der Waals surface area (Å²) in [6, 6.07) is 12.2. The number of rotatable bonds is 6. The monoisotopic (exact) mass is 483 g/mol. The Kier molecular flexibility index (Phi) is 6.98. The van der Waals surface area contributed by atoms with Crippen molar-refractivity contribution >= 4 is 63.3 Å². The normalized spacial score (nSPS) is 11.9. The fraction of sp³-hybridized carbons (Fsp3) is 0.105. The lowest BCUT2D eigenvalue weighted by molar-refractivity contribution is -0.0605. The van der Waals surface area contributed by atoms with E-state index in [0.717, 1.165) is 11.3 Å². The Balaban J connectivity index is 1.90. The highest BCUT2D eigenvalue weighted by atomic mass is 35.5. The van der Waals surface area contributed by atoms with Crippen LogP contribution in [0.25, 0.3) is 0 Å². The second-order valence-electron chi connectivity index (χ2n) is 6.11. The van der Waals surface area contributed by atoms with Gasteiger partial charge in [-0.25, -0.2) is 0 Å². The fourth-order valence-electron chi connectivity index (χ4n) is 2.43. The summed E-state index contributed by atoms with van der Waals surface area (Å²) in [5.41, 5.74) is -0.600. The zero-order valence-corrected chi connectivity index (χ0v) is 17.8. The van der Waals surface area contributed by atoms with Crippen LogP contribution in [0, 0.1) is 9.36 Å². The van der Waals surface area contributed by atoms with Gasteiger partial charge in [-0.15, -0.1) is 5.10 Å². The van der Waals surface area contributed by atoms with Crippen LogP contribution in [0.1, 0.15) is 22.3 Å². The van der Waals surface area contributed by atoms with Crippen molar-refractivity contribution in [3.63, 3.8) is 0 Å². The number of anilines is 1. The van der Waals surface area contributed by atoms with E-state index in [1.807, 2.05) is 0 Å². The van der Waals surface area contributed by atoms with Crippen LogP contribution in [0.3, 0.4) is 0 Å². The van der Waals surface area contributed by atoms with E-state index in [2.05, 4.69) is 20.5 Å². The number of halogens is 4. The minimum absolute atomic E-state index is 0.00680. The summed E-state index contributed by atoms with van der Waals surface area (Å²) in [7, 11) is 0. The van der Waals surface area contributed by atoms with Crippen molar-refractivity contribution in [1.29, 1.82) is 5.41 Å². The molecule has 0 aliphatic rings. The summed E-state index contributed by atoms with van der Waals surface area (Å²) in [5.74, 6) is -0.461. The lowest BCUT2D eigenvalue weighted by Gasteiger charge is -2.12. The molecule has 1 heterocycles. The van der Waals surface area contributed by atoms with E-state index >= 15 is 0 Å². The van der Waals surface area contributed by atoms with E-state index in [9.17, 15) is 18.0 Å². The van der Waals surface area contributed by atoms with Gasteiger partial charge < -0.3 is 5.41 Å². The number of carbonyl (C=O) groups excluding carboxylic acids is 1. The molecule has 0 unspecified atom stereocenters. The number of hydrogen-bond acceptors (Lipinski definition) is 6. The van der Waals surface area contributed by atoms with E-state index in [1.54, 1.807) is 24.3 Å². The van der Waals surface area contributed by atoms with Gasteiger partial charge >= 0.3 is 6.18 Å². The van der Waals surface area contributed by atoms with E-state index in [0.29, 0.717) is 14.6 Å². The van der Waals surface area contributed by atoms with Crippen molar-refractivity contribution in [2.24, 2.45) is 4.99 Å². The first-order valence-electron chi connectivity index (χ1n) is 8.57. The molecule has 12 heteroatoms. The van der Waals surface area contributed by atoms with Crippen molar-refractivity contribution in [2.45, 2.75) is 12.6 Å². The molecular formula is C19H13ClF3N5OS2. The number of H-pyrrole nitrogens is 1. The van der Waals surface area contributed by atoms with Gasteiger partial charge in [0.15, 0.2) is 3.95 Å². The third-order valence-corrected chi connectivity index (χ3v) is 5.26. The number of aliphatic imine (C=N–C) groups is 1. The molecule has 160 valence electrons. The molecule has 0 radical (unpaired) electrons. The zero-order chi connectivity index (χ0) is 22.6. The van der Waals surface area contributed by atoms with Gasteiger partial charge in [0.1, 0.15) is 5.71 Å². The van der Waals surface area contributed by atoms with Crippen molar-refractivity contribution in [3.8, 4) is 0 Å². The first-order valence-corrected chi connectivity index (χ1v) is 10.2. The molecular weight excluding hydrogens is 471 g/mol. The van der Waals surface area contributed by atoms with E-state index < -0.39 is 24.2 Å². The minimum Gasteiger partial charge on any atom is -0.300 e. The topological polar surface area (TPSA) is 94.0 Å². The van der Waals surface area contributed by atoms with Crippen molar-refractivity contribution < 1.29 is 18.0 Å². The van der Waals surface area contributed by atoms with Gasteiger partial charge in [-0.3, -0.25) is 20.2 Å². The molecule has 31 heavy (non-hydrogen) atoms. The molecule has 3 rings (SSSR count). The molecule has 0 saturated carbocycles. The Hall–Kier alpha value is -2.89. The molecule has 0 atom stereocenters. The highest BCUT2D eigenvalue weighted by Crippen LogP contribution is 2.27. The highest BCUT2D eigenvalue weighted by Gasteiger charge is 2.35. The van der Waals surface area contributed by atoms with Crippen LogP contribution in [-0.2, 0) is 0 Å². The predicted molar refractivity (Wildman–Crippen MR) is 118 cm³/mol. The average Bonchev–Trinajstić information content (AvgIpc) is 3.13. The summed E-state index contributed by atoms with van der Waals surface area (Å²) in [6.07, 6.45) is -5.54. The molecule has 0 bridgehead atoms. The molecule has 0 fully saturated rings. The van der Waals surface area contributed by atoms with Gasteiger partial charge in [-0.05, 0) is 42.0 Å². The number of amides is 1. The van der Waals surface area contributed by atoms with Crippen LogP contribution < -0.4 is 5.32 Å². The van der Waals surface area contributed by atoms with Gasteiger partial charge in [0.25, 0.3) is 5.91 Å². The maximum absolute atomic E-state index is 12.9. The molecule has 0 saturated heterocycles. The lowest BCUT2D eigenvalue weighted by atomic mass is 10.0. The van der Waals surface area contributed by atoms with Gasteiger partial charge in [-0.1, -0.05) is 47.2 Å². The Morgan fingerprint density at radius 3 is 2.42 bits per heavy atom. The smallest absolute Gasteiger partial charge is 0.300 e. The second-order valence-corrected chi connectivity index (χ2v) is 8.19. The maximum atomic E-state index is 12.9. The molecule has 3 aromatic rings. The van der Waals surface area contributed by atoms with E-state index in [-0.39, 0.29) is 22.0 Å². The summed E-state index contributed by atoms with van der Waals surface area (Å²) >= 11 is 12.1. The quantitative estimate of drug-likeness (QED) is 0.288. The summed E-state index contributed by atoms with van der Waals surface area (Å²) in [6.45, 7) is 0. The third kappa shape index (κ3) is 6.06. The molecule has 6 nitrogen and oxygen atoms in total. The van der Waals surface area contributed by atoms with Crippen LogP contribution in [0.15, 0.2) is 53.5 Å². The SMILES string of the molecule is N=C(CC(=Nc1ccccc1Cl)c1ccc(C(=O)Nc2n[nH]c(=S)s2)cc1)C(F)(F)F. The molecule has 0 aliphatic heterocycles. The van der Waals surface area contributed by atoms with Crippen molar-refractivity contribution in [2.75, 3.05) is 5.32 Å². The van der Waals surface area contributed by atoms with Crippen molar-refractivity contribution in [3.05, 3.63) is 68.6 Å². The first-order chi connectivity index (χ1) is 14.6. The minimum atomic E-state index is -4.78. The molecule has 1 amide bonds.